The van der Waals surface area contributed by atoms with Crippen molar-refractivity contribution >= 4 is 0 Å². The Hall–Kier alpha value is -2.32. The van der Waals surface area contributed by atoms with E-state index in [1.165, 1.54) is 0 Å². The third-order valence-electron chi connectivity index (χ3n) is 2.09. The lowest BCUT2D eigenvalue weighted by Gasteiger charge is -1.91. The number of hydrogen-bond donors (Lipinski definition) is 0. The molecule has 0 aliphatic carbocycles. The first-order valence-electron chi connectivity index (χ1n) is 5.12. The Labute approximate surface area is 95.5 Å². The van der Waals surface area contributed by atoms with E-state index in [9.17, 15) is 0 Å². The molecule has 0 fully saturated rings. The van der Waals surface area contributed by atoms with Gasteiger partial charge in [-0.05, 0) is 36.1 Å². The summed E-state index contributed by atoms with van der Waals surface area (Å²) in [6.07, 6.45) is 7.95. The quantitative estimate of drug-likeness (QED) is 0.668. The lowest BCUT2D eigenvalue weighted by atomic mass is 10.5. The minimum absolute atomic E-state index is 0.700. The second-order valence-electron chi connectivity index (χ2n) is 3.31. The molecule has 2 nitrogen and oxygen atoms in total. The third kappa shape index (κ3) is 3.12. The lowest BCUT2D eigenvalue weighted by Crippen LogP contribution is -1.90. The van der Waals surface area contributed by atoms with Gasteiger partial charge < -0.3 is 9.13 Å². The molecule has 0 spiro atoms. The molecule has 0 bridgehead atoms. The highest BCUT2D eigenvalue weighted by molar-refractivity contribution is 5.25. The molecule has 0 aliphatic rings. The van der Waals surface area contributed by atoms with Crippen LogP contribution in [0, 0.1) is 23.7 Å². The summed E-state index contributed by atoms with van der Waals surface area (Å²) in [6, 6.07) is 7.94. The molecule has 0 unspecified atom stereocenters. The van der Waals surface area contributed by atoms with Crippen LogP contribution in [0.3, 0.4) is 0 Å². The van der Waals surface area contributed by atoms with E-state index in [1.807, 2.05) is 58.2 Å². The highest BCUT2D eigenvalue weighted by Crippen LogP contribution is 1.88. The molecule has 0 amide bonds. The fourth-order valence-electron chi connectivity index (χ4n) is 1.30. The monoisotopic (exact) mass is 208 g/mol. The maximum absolute atomic E-state index is 3.00. The molecule has 2 heterocycles. The van der Waals surface area contributed by atoms with Crippen LogP contribution >= 0.6 is 0 Å². The maximum atomic E-state index is 3.00. The Bertz CT molecular complexity index is 473. The van der Waals surface area contributed by atoms with Gasteiger partial charge in [0.1, 0.15) is 0 Å². The van der Waals surface area contributed by atoms with E-state index in [0.29, 0.717) is 13.1 Å². The summed E-state index contributed by atoms with van der Waals surface area (Å²) in [5, 5.41) is 0. The van der Waals surface area contributed by atoms with Crippen LogP contribution in [0.1, 0.15) is 0 Å². The molecule has 0 saturated heterocycles. The van der Waals surface area contributed by atoms with Gasteiger partial charge in [-0.1, -0.05) is 11.8 Å². The van der Waals surface area contributed by atoms with Gasteiger partial charge in [0.05, 0.1) is 13.1 Å². The summed E-state index contributed by atoms with van der Waals surface area (Å²) < 4.78 is 4.03. The smallest absolute Gasteiger partial charge is 0.0841 e. The van der Waals surface area contributed by atoms with Crippen LogP contribution in [-0.4, -0.2) is 9.13 Å². The Balaban J connectivity index is 1.79. The molecule has 2 heteroatoms. The van der Waals surface area contributed by atoms with Gasteiger partial charge in [-0.25, -0.2) is 0 Å². The second kappa shape index (κ2) is 5.53. The first-order valence-corrected chi connectivity index (χ1v) is 5.12. The normalized spacial score (nSPS) is 8.75. The molecule has 78 valence electrons. The van der Waals surface area contributed by atoms with Crippen LogP contribution < -0.4 is 0 Å². The average Bonchev–Trinajstić information content (AvgIpc) is 2.96. The first kappa shape index (κ1) is 10.2. The molecule has 2 rings (SSSR count). The third-order valence-corrected chi connectivity index (χ3v) is 2.09. The summed E-state index contributed by atoms with van der Waals surface area (Å²) >= 11 is 0. The molecular weight excluding hydrogens is 196 g/mol. The Kier molecular flexibility index (Phi) is 3.53. The SMILES string of the molecule is C(C#CCn1cccc1)#CCn1cccc1. The summed E-state index contributed by atoms with van der Waals surface area (Å²) in [7, 11) is 0. The minimum atomic E-state index is 0.700. The van der Waals surface area contributed by atoms with Gasteiger partial charge in [-0.3, -0.25) is 0 Å². The van der Waals surface area contributed by atoms with Crippen LogP contribution in [0.4, 0.5) is 0 Å². The molecule has 0 aromatic carbocycles. The van der Waals surface area contributed by atoms with Crippen molar-refractivity contribution in [3.05, 3.63) is 49.1 Å². The predicted octanol–water partition coefficient (Wildman–Crippen LogP) is 2.00. The molecule has 2 aromatic heterocycles. The topological polar surface area (TPSA) is 9.86 Å². The zero-order valence-electron chi connectivity index (χ0n) is 8.93. The molecule has 2 aromatic rings. The van der Waals surface area contributed by atoms with E-state index < -0.39 is 0 Å². The van der Waals surface area contributed by atoms with Gasteiger partial charge in [0.2, 0.25) is 0 Å². The average molecular weight is 208 g/mol. The van der Waals surface area contributed by atoms with Gasteiger partial charge in [0.25, 0.3) is 0 Å². The molecule has 0 aliphatic heterocycles. The molecule has 0 saturated carbocycles. The van der Waals surface area contributed by atoms with E-state index in [4.69, 9.17) is 0 Å². The zero-order valence-corrected chi connectivity index (χ0v) is 8.93. The van der Waals surface area contributed by atoms with Crippen molar-refractivity contribution in [1.29, 1.82) is 0 Å². The molecule has 16 heavy (non-hydrogen) atoms. The second-order valence-corrected chi connectivity index (χ2v) is 3.31. The lowest BCUT2D eigenvalue weighted by molar-refractivity contribution is 0.849. The highest BCUT2D eigenvalue weighted by atomic mass is 14.9. The Morgan fingerprint density at radius 2 is 1.00 bits per heavy atom. The number of rotatable bonds is 2. The number of aromatic nitrogens is 2. The van der Waals surface area contributed by atoms with Crippen molar-refractivity contribution in [2.45, 2.75) is 13.1 Å². The van der Waals surface area contributed by atoms with Gasteiger partial charge in [-0.15, -0.1) is 0 Å². The molecule has 0 radical (unpaired) electrons. The van der Waals surface area contributed by atoms with E-state index in [0.717, 1.165) is 0 Å². The van der Waals surface area contributed by atoms with Gasteiger partial charge in [-0.2, -0.15) is 0 Å². The van der Waals surface area contributed by atoms with Crippen molar-refractivity contribution in [2.24, 2.45) is 0 Å². The van der Waals surface area contributed by atoms with E-state index in [1.54, 1.807) is 0 Å². The Morgan fingerprint density at radius 1 is 0.625 bits per heavy atom. The predicted molar refractivity (Wildman–Crippen MR) is 64.4 cm³/mol. The van der Waals surface area contributed by atoms with Crippen molar-refractivity contribution in [3.8, 4) is 23.7 Å². The highest BCUT2D eigenvalue weighted by Gasteiger charge is 1.81. The van der Waals surface area contributed by atoms with Crippen molar-refractivity contribution in [1.82, 2.24) is 9.13 Å². The van der Waals surface area contributed by atoms with E-state index in [2.05, 4.69) is 23.7 Å². The van der Waals surface area contributed by atoms with Crippen molar-refractivity contribution in [2.75, 3.05) is 0 Å². The van der Waals surface area contributed by atoms with Crippen molar-refractivity contribution in [3.63, 3.8) is 0 Å². The summed E-state index contributed by atoms with van der Waals surface area (Å²) in [5.41, 5.74) is 0. The number of nitrogens with zero attached hydrogens (tertiary/aromatic N) is 2. The van der Waals surface area contributed by atoms with E-state index >= 15 is 0 Å². The summed E-state index contributed by atoms with van der Waals surface area (Å²) in [5.74, 6) is 11.7. The summed E-state index contributed by atoms with van der Waals surface area (Å²) in [4.78, 5) is 0. The van der Waals surface area contributed by atoms with Crippen molar-refractivity contribution < 1.29 is 0 Å². The maximum Gasteiger partial charge on any atom is 0.0841 e. The van der Waals surface area contributed by atoms with Crippen LogP contribution in [0.2, 0.25) is 0 Å². The molecular formula is C14H12N2. The Morgan fingerprint density at radius 3 is 1.38 bits per heavy atom. The van der Waals surface area contributed by atoms with Gasteiger partial charge in [0, 0.05) is 24.8 Å². The fraction of sp³-hybridized carbons (Fsp3) is 0.143. The van der Waals surface area contributed by atoms with E-state index in [-0.39, 0.29) is 0 Å². The minimum Gasteiger partial charge on any atom is -0.343 e. The van der Waals surface area contributed by atoms with Gasteiger partial charge >= 0.3 is 0 Å². The largest absolute Gasteiger partial charge is 0.343 e. The number of hydrogen-bond acceptors (Lipinski definition) is 0. The van der Waals surface area contributed by atoms with Crippen LogP contribution in [-0.2, 0) is 13.1 Å². The zero-order chi connectivity index (χ0) is 11.1. The standard InChI is InChI=1S/C14H12N2/c1(3-9-15-11-5-6-12-15)2-4-10-16-13-7-8-14-16/h5-8,11-14H,9-10H2. The van der Waals surface area contributed by atoms with Crippen LogP contribution in [0.5, 0.6) is 0 Å². The first-order chi connectivity index (χ1) is 7.95. The molecule has 0 atom stereocenters. The van der Waals surface area contributed by atoms with Gasteiger partial charge in [0.15, 0.2) is 0 Å². The summed E-state index contributed by atoms with van der Waals surface area (Å²) in [6.45, 7) is 1.40. The van der Waals surface area contributed by atoms with Crippen LogP contribution in [0.25, 0.3) is 0 Å². The molecule has 0 N–H and O–H groups in total. The van der Waals surface area contributed by atoms with Crippen LogP contribution in [0.15, 0.2) is 49.1 Å². The fourth-order valence-corrected chi connectivity index (χ4v) is 1.30.